The number of ether oxygens (including phenoxy) is 1. The molecule has 0 aliphatic carbocycles. The molecule has 0 bridgehead atoms. The van der Waals surface area contributed by atoms with Gasteiger partial charge in [0.2, 0.25) is 0 Å². The number of hydrogen-bond acceptors (Lipinski definition) is 3. The van der Waals surface area contributed by atoms with E-state index in [2.05, 4.69) is 20.9 Å². The Kier molecular flexibility index (Phi) is 4.32. The van der Waals surface area contributed by atoms with Gasteiger partial charge in [-0.2, -0.15) is 0 Å². The average Bonchev–Trinajstić information content (AvgIpc) is 2.31. The van der Waals surface area contributed by atoms with E-state index in [0.29, 0.717) is 5.92 Å². The molecule has 3 nitrogen and oxygen atoms in total. The molecule has 4 heteroatoms. The number of rotatable bonds is 3. The van der Waals surface area contributed by atoms with Crippen LogP contribution in [0.4, 0.5) is 0 Å². The lowest BCUT2D eigenvalue weighted by molar-refractivity contribution is 0.0427. The number of aliphatic hydroxyl groups excluding tert-OH is 1. The first-order chi connectivity index (χ1) is 7.75. The second-order valence-corrected chi connectivity index (χ2v) is 5.12. The van der Waals surface area contributed by atoms with Crippen LogP contribution in [0, 0.1) is 5.92 Å². The molecule has 2 rings (SSSR count). The number of pyridine rings is 1. The number of aromatic nitrogens is 1. The second-order valence-electron chi connectivity index (χ2n) is 4.21. The summed E-state index contributed by atoms with van der Waals surface area (Å²) in [5, 5.41) is 10.0. The highest BCUT2D eigenvalue weighted by Crippen LogP contribution is 2.26. The van der Waals surface area contributed by atoms with Crippen molar-refractivity contribution in [1.82, 2.24) is 4.98 Å². The molecule has 1 aliphatic heterocycles. The van der Waals surface area contributed by atoms with Gasteiger partial charge in [-0.1, -0.05) is 0 Å². The summed E-state index contributed by atoms with van der Waals surface area (Å²) in [4.78, 5) is 4.22. The summed E-state index contributed by atoms with van der Waals surface area (Å²) in [5.74, 6) is 0.564. The first-order valence-electron chi connectivity index (χ1n) is 5.63. The van der Waals surface area contributed by atoms with Crippen molar-refractivity contribution >= 4 is 15.9 Å². The van der Waals surface area contributed by atoms with Crippen molar-refractivity contribution in [3.05, 3.63) is 28.5 Å². The lowest BCUT2D eigenvalue weighted by Crippen LogP contribution is -2.18. The third kappa shape index (κ3) is 3.27. The fourth-order valence-corrected chi connectivity index (χ4v) is 2.24. The molecule has 0 aromatic carbocycles. The van der Waals surface area contributed by atoms with Gasteiger partial charge in [0.05, 0.1) is 11.8 Å². The molecule has 1 unspecified atom stereocenters. The first kappa shape index (κ1) is 12.0. The average molecular weight is 286 g/mol. The van der Waals surface area contributed by atoms with E-state index >= 15 is 0 Å². The van der Waals surface area contributed by atoms with Crippen molar-refractivity contribution in [3.8, 4) is 0 Å². The molecule has 0 amide bonds. The second kappa shape index (κ2) is 5.75. The van der Waals surface area contributed by atoms with Crippen LogP contribution in [-0.2, 0) is 4.74 Å². The Morgan fingerprint density at radius 2 is 2.19 bits per heavy atom. The Morgan fingerprint density at radius 1 is 1.44 bits per heavy atom. The molecule has 0 spiro atoms. The summed E-state index contributed by atoms with van der Waals surface area (Å²) < 4.78 is 6.24. The summed E-state index contributed by atoms with van der Waals surface area (Å²) in [6, 6.07) is 3.78. The van der Waals surface area contributed by atoms with E-state index in [9.17, 15) is 5.11 Å². The molecular weight excluding hydrogens is 270 g/mol. The van der Waals surface area contributed by atoms with Gasteiger partial charge in [0.1, 0.15) is 0 Å². The van der Waals surface area contributed by atoms with Crippen LogP contribution in [0.15, 0.2) is 22.8 Å². The van der Waals surface area contributed by atoms with Gasteiger partial charge >= 0.3 is 0 Å². The Morgan fingerprint density at radius 3 is 2.81 bits per heavy atom. The molecule has 2 heterocycles. The molecule has 1 aromatic heterocycles. The fourth-order valence-electron chi connectivity index (χ4n) is 2.00. The van der Waals surface area contributed by atoms with Crippen molar-refractivity contribution < 1.29 is 9.84 Å². The van der Waals surface area contributed by atoms with E-state index in [1.165, 1.54) is 0 Å². The van der Waals surface area contributed by atoms with Gasteiger partial charge in [0.15, 0.2) is 0 Å². The van der Waals surface area contributed by atoms with Crippen molar-refractivity contribution in [2.24, 2.45) is 5.92 Å². The van der Waals surface area contributed by atoms with Crippen LogP contribution in [0.3, 0.4) is 0 Å². The largest absolute Gasteiger partial charge is 0.387 e. The summed E-state index contributed by atoms with van der Waals surface area (Å²) in [7, 11) is 0. The zero-order chi connectivity index (χ0) is 11.4. The van der Waals surface area contributed by atoms with Gasteiger partial charge in [0.25, 0.3) is 0 Å². The highest BCUT2D eigenvalue weighted by molar-refractivity contribution is 9.10. The van der Waals surface area contributed by atoms with Gasteiger partial charge in [-0.05, 0) is 53.2 Å². The quantitative estimate of drug-likeness (QED) is 0.929. The lowest BCUT2D eigenvalue weighted by atomic mass is 9.92. The SMILES string of the molecule is OC(CC1CCOCC1)c1ccc(Br)cn1. The molecule has 1 atom stereocenters. The van der Waals surface area contributed by atoms with Crippen LogP contribution >= 0.6 is 15.9 Å². The maximum atomic E-state index is 10.0. The Bertz CT molecular complexity index is 322. The predicted octanol–water partition coefficient (Wildman–Crippen LogP) is 2.69. The minimum atomic E-state index is -0.448. The standard InChI is InChI=1S/C12H16BrNO2/c13-10-1-2-11(14-8-10)12(15)7-9-3-5-16-6-4-9/h1-2,8-9,12,15H,3-7H2. The van der Waals surface area contributed by atoms with Crippen LogP contribution in [0.2, 0.25) is 0 Å². The van der Waals surface area contributed by atoms with Gasteiger partial charge in [-0.25, -0.2) is 0 Å². The highest BCUT2D eigenvalue weighted by Gasteiger charge is 2.19. The number of nitrogens with zero attached hydrogens (tertiary/aromatic N) is 1. The smallest absolute Gasteiger partial charge is 0.0962 e. The maximum absolute atomic E-state index is 10.0. The summed E-state index contributed by atoms with van der Waals surface area (Å²) in [6.45, 7) is 1.65. The van der Waals surface area contributed by atoms with Gasteiger partial charge in [0, 0.05) is 23.9 Å². The Hall–Kier alpha value is -0.450. The summed E-state index contributed by atoms with van der Waals surface area (Å²) in [6.07, 6.45) is 4.16. The van der Waals surface area contributed by atoms with Crippen molar-refractivity contribution in [3.63, 3.8) is 0 Å². The highest BCUT2D eigenvalue weighted by atomic mass is 79.9. The van der Waals surface area contributed by atoms with Crippen LogP contribution in [0.1, 0.15) is 31.1 Å². The molecule has 1 aliphatic rings. The van der Waals surface area contributed by atoms with Gasteiger partial charge in [-0.15, -0.1) is 0 Å². The molecule has 16 heavy (non-hydrogen) atoms. The molecular formula is C12H16BrNO2. The van der Waals surface area contributed by atoms with E-state index in [1.807, 2.05) is 12.1 Å². The summed E-state index contributed by atoms with van der Waals surface area (Å²) in [5.41, 5.74) is 0.759. The molecule has 1 N–H and O–H groups in total. The fraction of sp³-hybridized carbons (Fsp3) is 0.583. The lowest BCUT2D eigenvalue weighted by Gasteiger charge is -2.24. The molecule has 1 aromatic rings. The minimum Gasteiger partial charge on any atom is -0.387 e. The van der Waals surface area contributed by atoms with Crippen LogP contribution in [-0.4, -0.2) is 23.3 Å². The number of hydrogen-bond donors (Lipinski definition) is 1. The van der Waals surface area contributed by atoms with Crippen LogP contribution < -0.4 is 0 Å². The third-order valence-corrected chi connectivity index (χ3v) is 3.46. The molecule has 0 saturated carbocycles. The summed E-state index contributed by atoms with van der Waals surface area (Å²) >= 11 is 3.33. The molecule has 88 valence electrons. The monoisotopic (exact) mass is 285 g/mol. The zero-order valence-corrected chi connectivity index (χ0v) is 10.7. The van der Waals surface area contributed by atoms with Crippen molar-refractivity contribution in [1.29, 1.82) is 0 Å². The van der Waals surface area contributed by atoms with Crippen LogP contribution in [0.5, 0.6) is 0 Å². The van der Waals surface area contributed by atoms with E-state index in [1.54, 1.807) is 6.20 Å². The zero-order valence-electron chi connectivity index (χ0n) is 9.10. The van der Waals surface area contributed by atoms with E-state index in [4.69, 9.17) is 4.74 Å². The van der Waals surface area contributed by atoms with Crippen molar-refractivity contribution in [2.75, 3.05) is 13.2 Å². The van der Waals surface area contributed by atoms with Gasteiger partial charge in [-0.3, -0.25) is 4.98 Å². The van der Waals surface area contributed by atoms with Crippen LogP contribution in [0.25, 0.3) is 0 Å². The normalized spacial score (nSPS) is 19.6. The number of halogens is 1. The Labute approximate surface area is 104 Å². The van der Waals surface area contributed by atoms with E-state index in [-0.39, 0.29) is 0 Å². The topological polar surface area (TPSA) is 42.4 Å². The first-order valence-corrected chi connectivity index (χ1v) is 6.42. The maximum Gasteiger partial charge on any atom is 0.0962 e. The number of aliphatic hydroxyl groups is 1. The molecule has 1 fully saturated rings. The molecule has 1 saturated heterocycles. The van der Waals surface area contributed by atoms with Crippen molar-refractivity contribution in [2.45, 2.75) is 25.4 Å². The molecule has 0 radical (unpaired) electrons. The van der Waals surface area contributed by atoms with E-state index in [0.717, 1.165) is 42.6 Å². The predicted molar refractivity (Wildman–Crippen MR) is 65.1 cm³/mol. The third-order valence-electron chi connectivity index (χ3n) is 2.99. The van der Waals surface area contributed by atoms with E-state index < -0.39 is 6.10 Å². The van der Waals surface area contributed by atoms with Gasteiger partial charge < -0.3 is 9.84 Å². The Balaban J connectivity index is 1.91. The minimum absolute atomic E-state index is 0.448.